The molecule has 8 nitrogen and oxygen atoms in total. The third kappa shape index (κ3) is 2.33. The summed E-state index contributed by atoms with van der Waals surface area (Å²) in [4.78, 5) is 9.31. The van der Waals surface area contributed by atoms with E-state index in [2.05, 4.69) is 15.4 Å². The summed E-state index contributed by atoms with van der Waals surface area (Å²) in [7, 11) is 0. The second-order valence-electron chi connectivity index (χ2n) is 0.985. The summed E-state index contributed by atoms with van der Waals surface area (Å²) in [6, 6.07) is 0. The molecule has 1 aromatic heterocycles. The molecule has 0 aliphatic heterocycles. The Labute approximate surface area is 60.5 Å². The number of hydrogen-bond acceptors (Lipinski definition) is 4. The van der Waals surface area contributed by atoms with Crippen LogP contribution in [0.25, 0.3) is 0 Å². The average molecular weight is 171 g/mol. The minimum atomic E-state index is -0.483. The average Bonchev–Trinajstić information content (AvgIpc) is 2.12. The molecule has 0 saturated carbocycles. The zero-order valence-electron chi connectivity index (χ0n) is 4.55. The Morgan fingerprint density at radius 1 is 1.60 bits per heavy atom. The molecular formula is CH5ClN5O3+. The van der Waals surface area contributed by atoms with E-state index in [0.29, 0.717) is 0 Å². The van der Waals surface area contributed by atoms with E-state index in [-0.39, 0.29) is 17.9 Å². The summed E-state index contributed by atoms with van der Waals surface area (Å²) in [6.07, 6.45) is 0. The van der Waals surface area contributed by atoms with Gasteiger partial charge < -0.3 is 10.7 Å². The molecule has 0 radical (unpaired) electrons. The van der Waals surface area contributed by atoms with Crippen molar-refractivity contribution < 1.29 is 15.6 Å². The van der Waals surface area contributed by atoms with Crippen LogP contribution in [-0.4, -0.2) is 36.2 Å². The summed E-state index contributed by atoms with van der Waals surface area (Å²) in [5.74, 6) is -0.398. The summed E-state index contributed by atoms with van der Waals surface area (Å²) in [6.45, 7) is 0. The van der Waals surface area contributed by atoms with Gasteiger partial charge in [-0.3, -0.25) is 0 Å². The van der Waals surface area contributed by atoms with Crippen molar-refractivity contribution >= 4 is 18.4 Å². The summed E-state index contributed by atoms with van der Waals surface area (Å²) in [5.41, 5.74) is 0. The maximum Gasteiger partial charge on any atom is 0.554 e. The highest BCUT2D eigenvalue weighted by Gasteiger charge is 2.14. The van der Waals surface area contributed by atoms with E-state index in [1.54, 1.807) is 0 Å². The predicted molar refractivity (Wildman–Crippen MR) is 30.1 cm³/mol. The van der Waals surface area contributed by atoms with Gasteiger partial charge in [0.1, 0.15) is 0 Å². The van der Waals surface area contributed by atoms with Gasteiger partial charge in [-0.05, 0) is 4.91 Å². The molecule has 0 spiro atoms. The molecule has 1 rings (SSSR count). The highest BCUT2D eigenvalue weighted by Crippen LogP contribution is 1.90. The molecule has 10 heavy (non-hydrogen) atoms. The highest BCUT2D eigenvalue weighted by atomic mass is 35.5. The first-order chi connectivity index (χ1) is 3.80. The number of tetrazole rings is 1. The standard InChI is InChI=1S/CH2N5O2.ClH.H2O/c7-6(8)1-2-4-5-3-1;;/h(H,7,8)(H,2,3,4,5);1H;1H2/q+1;;. The van der Waals surface area contributed by atoms with Crippen LogP contribution in [-0.2, 0) is 0 Å². The number of halogens is 1. The fourth-order valence-corrected chi connectivity index (χ4v) is 0.238. The van der Waals surface area contributed by atoms with Gasteiger partial charge in [-0.15, -0.1) is 12.4 Å². The lowest BCUT2D eigenvalue weighted by molar-refractivity contribution is -0.734. The maximum atomic E-state index is 9.79. The molecule has 4 N–H and O–H groups in total. The number of H-pyrrole nitrogens is 1. The highest BCUT2D eigenvalue weighted by molar-refractivity contribution is 5.85. The third-order valence-corrected chi connectivity index (χ3v) is 0.505. The van der Waals surface area contributed by atoms with Crippen molar-refractivity contribution in [1.82, 2.24) is 20.6 Å². The second kappa shape index (κ2) is 4.58. The fraction of sp³-hybridized carbons (Fsp3) is 0. The Bertz CT molecular complexity index is 185. The lowest BCUT2D eigenvalue weighted by Gasteiger charge is -1.66. The first kappa shape index (κ1) is 11.5. The smallest absolute Gasteiger partial charge is 0.412 e. The minimum Gasteiger partial charge on any atom is -0.412 e. The van der Waals surface area contributed by atoms with Crippen LogP contribution in [0.1, 0.15) is 0 Å². The zero-order valence-corrected chi connectivity index (χ0v) is 5.37. The van der Waals surface area contributed by atoms with E-state index in [4.69, 9.17) is 5.21 Å². The van der Waals surface area contributed by atoms with Gasteiger partial charge in [-0.2, -0.15) is 0 Å². The van der Waals surface area contributed by atoms with Gasteiger partial charge in [-0.1, -0.05) is 5.21 Å². The van der Waals surface area contributed by atoms with Gasteiger partial charge >= 0.3 is 5.95 Å². The van der Waals surface area contributed by atoms with Crippen LogP contribution in [0.4, 0.5) is 5.95 Å². The topological polar surface area (TPSA) is 126 Å². The van der Waals surface area contributed by atoms with Crippen LogP contribution >= 0.6 is 12.4 Å². The number of nitrogens with one attached hydrogen (secondary N) is 1. The zero-order chi connectivity index (χ0) is 5.98. The van der Waals surface area contributed by atoms with Crippen molar-refractivity contribution in [1.29, 1.82) is 0 Å². The molecule has 0 unspecified atom stereocenters. The monoisotopic (exact) mass is 170 g/mol. The molecule has 0 aliphatic rings. The molecule has 0 bridgehead atoms. The second-order valence-corrected chi connectivity index (χ2v) is 0.985. The van der Waals surface area contributed by atoms with Crippen molar-refractivity contribution in [3.05, 3.63) is 4.91 Å². The first-order valence-electron chi connectivity index (χ1n) is 1.70. The van der Waals surface area contributed by atoms with Crippen LogP contribution in [0.3, 0.4) is 0 Å². The Balaban J connectivity index is 0. The van der Waals surface area contributed by atoms with Crippen molar-refractivity contribution in [2.45, 2.75) is 0 Å². The molecule has 0 atom stereocenters. The number of rotatable bonds is 1. The molecule has 0 fully saturated rings. The van der Waals surface area contributed by atoms with Crippen molar-refractivity contribution in [3.8, 4) is 0 Å². The number of aromatic amines is 1. The normalized spacial score (nSPS) is 7.20. The molecule has 1 heterocycles. The molecule has 0 aromatic carbocycles. The van der Waals surface area contributed by atoms with E-state index in [0.717, 1.165) is 0 Å². The van der Waals surface area contributed by atoms with E-state index < -0.39 is 10.9 Å². The van der Waals surface area contributed by atoms with Gasteiger partial charge in [0.05, 0.1) is 10.2 Å². The lowest BCUT2D eigenvalue weighted by atomic mass is 11.1. The van der Waals surface area contributed by atoms with Crippen LogP contribution < -0.4 is 0 Å². The Morgan fingerprint density at radius 2 is 2.20 bits per heavy atom. The van der Waals surface area contributed by atoms with Crippen LogP contribution in [0.5, 0.6) is 0 Å². The van der Waals surface area contributed by atoms with Crippen molar-refractivity contribution in [2.24, 2.45) is 0 Å². The summed E-state index contributed by atoms with van der Waals surface area (Å²) >= 11 is 0. The third-order valence-electron chi connectivity index (χ3n) is 0.505. The minimum absolute atomic E-state index is 0. The van der Waals surface area contributed by atoms with Crippen molar-refractivity contribution in [3.63, 3.8) is 0 Å². The Kier molecular flexibility index (Phi) is 5.28. The largest absolute Gasteiger partial charge is 0.554 e. The van der Waals surface area contributed by atoms with Gasteiger partial charge in [-0.25, -0.2) is 0 Å². The quantitative estimate of drug-likeness (QED) is 0.501. The van der Waals surface area contributed by atoms with Crippen LogP contribution in [0.2, 0.25) is 0 Å². The molecule has 9 heteroatoms. The van der Waals surface area contributed by atoms with Crippen molar-refractivity contribution in [2.75, 3.05) is 0 Å². The number of nitrogens with zero attached hydrogens (tertiary/aromatic N) is 4. The first-order valence-corrected chi connectivity index (χ1v) is 1.70. The summed E-state index contributed by atoms with van der Waals surface area (Å²) in [5, 5.41) is 19.3. The van der Waals surface area contributed by atoms with E-state index >= 15 is 0 Å². The van der Waals surface area contributed by atoms with Gasteiger partial charge in [0.2, 0.25) is 0 Å². The number of aromatic nitrogens is 4. The SMILES string of the molecule is Cl.O.O=[N+](O)c1nn[nH]n1. The molecule has 0 saturated heterocycles. The maximum absolute atomic E-state index is 9.79. The van der Waals surface area contributed by atoms with Gasteiger partial charge in [0.25, 0.3) is 0 Å². The lowest BCUT2D eigenvalue weighted by Crippen LogP contribution is -1.93. The molecule has 58 valence electrons. The van der Waals surface area contributed by atoms with Crippen LogP contribution in [0.15, 0.2) is 0 Å². The van der Waals surface area contributed by atoms with E-state index in [1.807, 2.05) is 5.21 Å². The Hall–Kier alpha value is -1.28. The molecule has 0 aliphatic carbocycles. The van der Waals surface area contributed by atoms with E-state index in [1.165, 1.54) is 0 Å². The fourth-order valence-electron chi connectivity index (χ4n) is 0.238. The predicted octanol–water partition coefficient (Wildman–Crippen LogP) is -1.40. The van der Waals surface area contributed by atoms with E-state index in [9.17, 15) is 4.91 Å². The summed E-state index contributed by atoms with van der Waals surface area (Å²) < 4.78 is 0. The molecular weight excluding hydrogens is 165 g/mol. The van der Waals surface area contributed by atoms with Gasteiger partial charge in [0, 0.05) is 5.21 Å². The van der Waals surface area contributed by atoms with Gasteiger partial charge in [0.15, 0.2) is 4.92 Å². The van der Waals surface area contributed by atoms with Crippen LogP contribution in [0, 0.1) is 4.91 Å². The Morgan fingerprint density at radius 3 is 2.40 bits per heavy atom. The number of hydrogen-bond donors (Lipinski definition) is 2. The molecule has 0 amide bonds. The molecule has 1 aromatic rings.